The van der Waals surface area contributed by atoms with Gasteiger partial charge in [-0.25, -0.2) is 4.79 Å². The molecule has 142 valence electrons. The summed E-state index contributed by atoms with van der Waals surface area (Å²) in [5, 5.41) is 16.9. The van der Waals surface area contributed by atoms with E-state index in [0.717, 1.165) is 11.6 Å². The van der Waals surface area contributed by atoms with Crippen LogP contribution in [0.2, 0.25) is 5.02 Å². The maximum atomic E-state index is 12.1. The molecule has 0 bridgehead atoms. The van der Waals surface area contributed by atoms with Gasteiger partial charge in [-0.1, -0.05) is 23.7 Å². The van der Waals surface area contributed by atoms with E-state index in [2.05, 4.69) is 10.6 Å². The lowest BCUT2D eigenvalue weighted by Gasteiger charge is -2.14. The highest BCUT2D eigenvalue weighted by atomic mass is 35.5. The molecule has 0 saturated carbocycles. The molecule has 1 amide bonds. The average Bonchev–Trinajstić information content (AvgIpc) is 2.65. The van der Waals surface area contributed by atoms with E-state index in [4.69, 9.17) is 16.3 Å². The number of carbonyl (C=O) groups is 2. The number of carbonyl (C=O) groups excluding carboxylic acids is 2. The molecule has 0 unspecified atom stereocenters. The highest BCUT2D eigenvalue weighted by molar-refractivity contribution is 6.30. The summed E-state index contributed by atoms with van der Waals surface area (Å²) in [4.78, 5) is 34.5. The predicted molar refractivity (Wildman–Crippen MR) is 101 cm³/mol. The second-order valence-electron chi connectivity index (χ2n) is 5.66. The van der Waals surface area contributed by atoms with E-state index in [0.29, 0.717) is 5.02 Å². The number of nitrogens with one attached hydrogen (secondary N) is 2. The predicted octanol–water partition coefficient (Wildman–Crippen LogP) is 3.32. The summed E-state index contributed by atoms with van der Waals surface area (Å²) < 4.78 is 4.94. The first-order valence-corrected chi connectivity index (χ1v) is 8.37. The molecule has 0 aromatic heterocycles. The van der Waals surface area contributed by atoms with Gasteiger partial charge in [-0.05, 0) is 36.8 Å². The third-order valence-corrected chi connectivity index (χ3v) is 4.00. The summed E-state index contributed by atoms with van der Waals surface area (Å²) in [7, 11) is 1.53. The summed E-state index contributed by atoms with van der Waals surface area (Å²) in [6.07, 6.45) is 0. The number of esters is 1. The van der Waals surface area contributed by atoms with E-state index in [9.17, 15) is 19.7 Å². The molecule has 0 heterocycles. The lowest BCUT2D eigenvalue weighted by molar-refractivity contribution is -0.384. The average molecular weight is 392 g/mol. The van der Waals surface area contributed by atoms with Crippen LogP contribution in [0.15, 0.2) is 42.5 Å². The number of ether oxygens (including phenoxy) is 1. The Morgan fingerprint density at radius 3 is 2.63 bits per heavy atom. The normalized spacial score (nSPS) is 11.4. The van der Waals surface area contributed by atoms with Crippen molar-refractivity contribution in [1.29, 1.82) is 0 Å². The Bertz CT molecular complexity index is 872. The fourth-order valence-corrected chi connectivity index (χ4v) is 2.58. The van der Waals surface area contributed by atoms with E-state index < -0.39 is 23.4 Å². The molecule has 2 aromatic rings. The van der Waals surface area contributed by atoms with Crippen molar-refractivity contribution in [3.8, 4) is 0 Å². The molecule has 8 nitrogen and oxygen atoms in total. The fraction of sp³-hybridized carbons (Fsp3) is 0.222. The molecule has 0 radical (unpaired) electrons. The summed E-state index contributed by atoms with van der Waals surface area (Å²) in [6, 6.07) is 10.6. The van der Waals surface area contributed by atoms with Crippen molar-refractivity contribution in [2.75, 3.05) is 19.0 Å². The van der Waals surface area contributed by atoms with E-state index >= 15 is 0 Å². The second kappa shape index (κ2) is 9.00. The van der Waals surface area contributed by atoms with Crippen molar-refractivity contribution in [2.45, 2.75) is 13.0 Å². The van der Waals surface area contributed by atoms with Crippen LogP contribution in [0.5, 0.6) is 0 Å². The largest absolute Gasteiger partial charge is 0.452 e. The van der Waals surface area contributed by atoms with Crippen LogP contribution in [0.3, 0.4) is 0 Å². The molecule has 0 saturated heterocycles. The number of benzene rings is 2. The van der Waals surface area contributed by atoms with Crippen molar-refractivity contribution >= 4 is 34.9 Å². The first-order chi connectivity index (χ1) is 12.8. The SMILES string of the molecule is CNc1ccc(C(=O)OCC(=O)N[C@@H](C)c2cccc(Cl)c2)cc1[N+](=O)[O-]. The maximum Gasteiger partial charge on any atom is 0.338 e. The second-order valence-corrected chi connectivity index (χ2v) is 6.10. The molecule has 9 heteroatoms. The zero-order chi connectivity index (χ0) is 20.0. The van der Waals surface area contributed by atoms with Gasteiger partial charge in [0.05, 0.1) is 16.5 Å². The molecule has 2 N–H and O–H groups in total. The highest BCUT2D eigenvalue weighted by Crippen LogP contribution is 2.25. The van der Waals surface area contributed by atoms with Crippen LogP contribution in [0, 0.1) is 10.1 Å². The van der Waals surface area contributed by atoms with Gasteiger partial charge in [0.25, 0.3) is 11.6 Å². The summed E-state index contributed by atoms with van der Waals surface area (Å²) >= 11 is 5.92. The van der Waals surface area contributed by atoms with Crippen molar-refractivity contribution in [2.24, 2.45) is 0 Å². The number of hydrogen-bond acceptors (Lipinski definition) is 6. The molecule has 0 spiro atoms. The van der Waals surface area contributed by atoms with Crippen molar-refractivity contribution in [3.05, 3.63) is 68.7 Å². The number of amides is 1. The molecular formula is C18H18ClN3O5. The molecule has 27 heavy (non-hydrogen) atoms. The third kappa shape index (κ3) is 5.42. The van der Waals surface area contributed by atoms with Gasteiger partial charge < -0.3 is 15.4 Å². The van der Waals surface area contributed by atoms with Crippen LogP contribution in [0.25, 0.3) is 0 Å². The number of hydrogen-bond donors (Lipinski definition) is 2. The van der Waals surface area contributed by atoms with E-state index in [1.165, 1.54) is 19.2 Å². The Labute approximate surface area is 160 Å². The minimum Gasteiger partial charge on any atom is -0.452 e. The van der Waals surface area contributed by atoms with Gasteiger partial charge in [0.2, 0.25) is 0 Å². The molecule has 1 atom stereocenters. The van der Waals surface area contributed by atoms with Gasteiger partial charge in [-0.3, -0.25) is 14.9 Å². The molecule has 0 aliphatic rings. The zero-order valence-electron chi connectivity index (χ0n) is 14.7. The van der Waals surface area contributed by atoms with Crippen molar-refractivity contribution < 1.29 is 19.2 Å². The van der Waals surface area contributed by atoms with Gasteiger partial charge in [0.15, 0.2) is 6.61 Å². The van der Waals surface area contributed by atoms with Gasteiger partial charge in [0.1, 0.15) is 5.69 Å². The minimum absolute atomic E-state index is 0.0172. The smallest absolute Gasteiger partial charge is 0.338 e. The molecule has 0 aliphatic heterocycles. The van der Waals surface area contributed by atoms with Crippen LogP contribution < -0.4 is 10.6 Å². The lowest BCUT2D eigenvalue weighted by Crippen LogP contribution is -2.31. The minimum atomic E-state index is -0.827. The van der Waals surface area contributed by atoms with Crippen LogP contribution in [0.1, 0.15) is 28.9 Å². The third-order valence-electron chi connectivity index (χ3n) is 3.76. The van der Waals surface area contributed by atoms with Gasteiger partial charge in [0, 0.05) is 18.1 Å². The molecule has 0 aliphatic carbocycles. The molecule has 2 rings (SSSR count). The zero-order valence-corrected chi connectivity index (χ0v) is 15.4. The first kappa shape index (κ1) is 20.2. The number of nitro groups is 1. The number of halogens is 1. The van der Waals surface area contributed by atoms with Gasteiger partial charge >= 0.3 is 5.97 Å². The molecule has 0 fully saturated rings. The van der Waals surface area contributed by atoms with Crippen molar-refractivity contribution in [3.63, 3.8) is 0 Å². The number of anilines is 1. The van der Waals surface area contributed by atoms with E-state index in [1.807, 2.05) is 6.07 Å². The van der Waals surface area contributed by atoms with Gasteiger partial charge in [-0.15, -0.1) is 0 Å². The fourth-order valence-electron chi connectivity index (χ4n) is 2.38. The Balaban J connectivity index is 1.96. The van der Waals surface area contributed by atoms with Crippen LogP contribution >= 0.6 is 11.6 Å². The standard InChI is InChI=1S/C18H18ClN3O5/c1-11(12-4-3-5-14(19)8-12)21-17(23)10-27-18(24)13-6-7-15(20-2)16(9-13)22(25)26/h3-9,11,20H,10H2,1-2H3,(H,21,23)/t11-/m0/s1. The maximum absolute atomic E-state index is 12.1. The summed E-state index contributed by atoms with van der Waals surface area (Å²) in [5.41, 5.74) is 0.799. The summed E-state index contributed by atoms with van der Waals surface area (Å²) in [5.74, 6) is -1.33. The summed E-state index contributed by atoms with van der Waals surface area (Å²) in [6.45, 7) is 1.26. The van der Waals surface area contributed by atoms with Crippen LogP contribution in [0.4, 0.5) is 11.4 Å². The van der Waals surface area contributed by atoms with E-state index in [1.54, 1.807) is 25.1 Å². The Hall–Kier alpha value is -3.13. The van der Waals surface area contributed by atoms with Gasteiger partial charge in [-0.2, -0.15) is 0 Å². The number of rotatable bonds is 7. The van der Waals surface area contributed by atoms with E-state index in [-0.39, 0.29) is 23.0 Å². The number of nitro benzene ring substituents is 1. The topological polar surface area (TPSA) is 111 Å². The van der Waals surface area contributed by atoms with Crippen LogP contribution in [-0.2, 0) is 9.53 Å². The number of nitrogens with zero attached hydrogens (tertiary/aromatic N) is 1. The quantitative estimate of drug-likeness (QED) is 0.425. The molecular weight excluding hydrogens is 374 g/mol. The monoisotopic (exact) mass is 391 g/mol. The molecule has 2 aromatic carbocycles. The first-order valence-electron chi connectivity index (χ1n) is 8.00. The lowest BCUT2D eigenvalue weighted by atomic mass is 10.1. The van der Waals surface area contributed by atoms with Crippen molar-refractivity contribution in [1.82, 2.24) is 5.32 Å². The highest BCUT2D eigenvalue weighted by Gasteiger charge is 2.19. The van der Waals surface area contributed by atoms with Crippen LogP contribution in [-0.4, -0.2) is 30.5 Å². The Morgan fingerprint density at radius 1 is 1.26 bits per heavy atom. The Morgan fingerprint density at radius 2 is 2.00 bits per heavy atom. The Kier molecular flexibility index (Phi) is 6.73.